The molecule has 180 valence electrons. The Labute approximate surface area is 211 Å². The minimum Gasteiger partial charge on any atom is -0.366 e. The van der Waals surface area contributed by atoms with E-state index in [1.165, 1.54) is 22.2 Å². The van der Waals surface area contributed by atoms with Crippen LogP contribution < -0.4 is 15.4 Å². The Hall–Kier alpha value is -3.24. The summed E-state index contributed by atoms with van der Waals surface area (Å²) in [4.78, 5) is 37.3. The van der Waals surface area contributed by atoms with Crippen LogP contribution in [-0.4, -0.2) is 56.7 Å². The van der Waals surface area contributed by atoms with Gasteiger partial charge in [-0.25, -0.2) is 9.37 Å². The highest BCUT2D eigenvalue weighted by molar-refractivity contribution is 8.26. The monoisotopic (exact) mass is 509 g/mol. The number of amides is 1. The molecule has 2 fully saturated rings. The molecule has 0 bridgehead atoms. The van der Waals surface area contributed by atoms with E-state index in [0.29, 0.717) is 58.1 Å². The summed E-state index contributed by atoms with van der Waals surface area (Å²) in [5.74, 6) is 0.0583. The summed E-state index contributed by atoms with van der Waals surface area (Å²) < 4.78 is 16.3. The first-order chi connectivity index (χ1) is 16.8. The van der Waals surface area contributed by atoms with Crippen LogP contribution in [0.3, 0.4) is 0 Å². The Kier molecular flexibility index (Phi) is 6.33. The lowest BCUT2D eigenvalue weighted by atomic mass is 10.2. The van der Waals surface area contributed by atoms with Crippen molar-refractivity contribution >= 4 is 57.4 Å². The van der Waals surface area contributed by atoms with Gasteiger partial charge in [-0.3, -0.25) is 18.9 Å². The number of rotatable bonds is 4. The highest BCUT2D eigenvalue weighted by atomic mass is 32.2. The first-order valence-electron chi connectivity index (χ1n) is 11.4. The molecular formula is C25H24FN5O2S2. The summed E-state index contributed by atoms with van der Waals surface area (Å²) in [5, 5.41) is 0. The minimum absolute atomic E-state index is 0.0739. The third kappa shape index (κ3) is 4.32. The molecule has 2 aromatic heterocycles. The molecule has 0 spiro atoms. The number of hydrogen-bond donors (Lipinski definition) is 0. The fraction of sp³-hybridized carbons (Fsp3) is 0.280. The summed E-state index contributed by atoms with van der Waals surface area (Å²) in [7, 11) is 0. The van der Waals surface area contributed by atoms with Crippen molar-refractivity contribution in [2.24, 2.45) is 0 Å². The predicted molar refractivity (Wildman–Crippen MR) is 142 cm³/mol. The van der Waals surface area contributed by atoms with Gasteiger partial charge in [0, 0.05) is 38.4 Å². The third-order valence-electron chi connectivity index (χ3n) is 6.14. The van der Waals surface area contributed by atoms with Gasteiger partial charge < -0.3 is 9.80 Å². The molecule has 3 aromatic rings. The number of nitrogens with zero attached hydrogens (tertiary/aromatic N) is 5. The van der Waals surface area contributed by atoms with Gasteiger partial charge in [0.1, 0.15) is 21.6 Å². The van der Waals surface area contributed by atoms with Crippen molar-refractivity contribution in [2.45, 2.75) is 19.9 Å². The Morgan fingerprint density at radius 2 is 1.71 bits per heavy atom. The molecule has 0 aliphatic carbocycles. The van der Waals surface area contributed by atoms with Crippen molar-refractivity contribution in [1.29, 1.82) is 0 Å². The number of thiocarbonyl (C=S) groups is 1. The Bertz CT molecular complexity index is 1410. The third-order valence-corrected chi connectivity index (χ3v) is 7.47. The smallest absolute Gasteiger partial charge is 0.267 e. The number of thioether (sulfide) groups is 1. The van der Waals surface area contributed by atoms with E-state index in [2.05, 4.69) is 0 Å². The SMILES string of the molecule is CC(C)N1C(=O)C(=Cc2c(N3CCN(c4ccccc4F)CC3)nc3ccccn3c2=O)SC1=S. The zero-order valence-corrected chi connectivity index (χ0v) is 21.0. The number of fused-ring (bicyclic) bond motifs is 1. The van der Waals surface area contributed by atoms with Crippen molar-refractivity contribution < 1.29 is 9.18 Å². The van der Waals surface area contributed by atoms with Crippen molar-refractivity contribution in [3.8, 4) is 0 Å². The fourth-order valence-corrected chi connectivity index (χ4v) is 5.89. The number of anilines is 2. The van der Waals surface area contributed by atoms with E-state index in [-0.39, 0.29) is 23.3 Å². The summed E-state index contributed by atoms with van der Waals surface area (Å²) in [6, 6.07) is 12.0. The molecule has 1 amide bonds. The standard InChI is InChI=1S/C25H24FN5O2S2/c1-16(2)31-24(33)20(35-25(31)34)15-17-22(27-21-9-5-6-10-30(21)23(17)32)29-13-11-28(12-14-29)19-8-4-3-7-18(19)26/h3-10,15-16H,11-14H2,1-2H3. The number of para-hydroxylation sites is 1. The highest BCUT2D eigenvalue weighted by Gasteiger charge is 2.34. The Morgan fingerprint density at radius 3 is 2.40 bits per heavy atom. The molecule has 4 heterocycles. The second-order valence-electron chi connectivity index (χ2n) is 8.65. The van der Waals surface area contributed by atoms with Gasteiger partial charge >= 0.3 is 0 Å². The molecule has 2 aliphatic heterocycles. The van der Waals surface area contributed by atoms with E-state index < -0.39 is 0 Å². The van der Waals surface area contributed by atoms with Gasteiger partial charge in [-0.15, -0.1) is 0 Å². The molecule has 7 nitrogen and oxygen atoms in total. The van der Waals surface area contributed by atoms with Gasteiger partial charge in [0.25, 0.3) is 11.5 Å². The second kappa shape index (κ2) is 9.43. The molecule has 1 aromatic carbocycles. The quantitative estimate of drug-likeness (QED) is 0.392. The van der Waals surface area contributed by atoms with Crippen molar-refractivity contribution in [2.75, 3.05) is 36.0 Å². The maximum Gasteiger partial charge on any atom is 0.267 e. The predicted octanol–water partition coefficient (Wildman–Crippen LogP) is 3.77. The first kappa shape index (κ1) is 23.5. The second-order valence-corrected chi connectivity index (χ2v) is 10.3. The van der Waals surface area contributed by atoms with Gasteiger partial charge in [0.05, 0.1) is 16.2 Å². The molecule has 5 rings (SSSR count). The van der Waals surface area contributed by atoms with Gasteiger partial charge in [-0.05, 0) is 44.2 Å². The lowest BCUT2D eigenvalue weighted by Crippen LogP contribution is -2.47. The van der Waals surface area contributed by atoms with Crippen molar-refractivity contribution in [1.82, 2.24) is 14.3 Å². The average molecular weight is 510 g/mol. The summed E-state index contributed by atoms with van der Waals surface area (Å²) >= 11 is 6.60. The van der Waals surface area contributed by atoms with Crippen LogP contribution in [0, 0.1) is 5.82 Å². The lowest BCUT2D eigenvalue weighted by Gasteiger charge is -2.37. The number of benzene rings is 1. The van der Waals surface area contributed by atoms with Crippen LogP contribution >= 0.6 is 24.0 Å². The van der Waals surface area contributed by atoms with Crippen LogP contribution in [-0.2, 0) is 4.79 Å². The maximum absolute atomic E-state index is 14.3. The molecule has 2 saturated heterocycles. The fourth-order valence-electron chi connectivity index (χ4n) is 4.38. The molecule has 0 N–H and O–H groups in total. The number of carbonyl (C=O) groups is 1. The van der Waals surface area contributed by atoms with Crippen molar-refractivity contribution in [3.05, 3.63) is 75.3 Å². The number of halogens is 1. The van der Waals surface area contributed by atoms with Crippen LogP contribution in [0.25, 0.3) is 11.7 Å². The molecule has 0 saturated carbocycles. The van der Waals surface area contributed by atoms with Crippen LogP contribution in [0.15, 0.2) is 58.4 Å². The summed E-state index contributed by atoms with van der Waals surface area (Å²) in [6.07, 6.45) is 3.29. The van der Waals surface area contributed by atoms with Crippen LogP contribution in [0.2, 0.25) is 0 Å². The Morgan fingerprint density at radius 1 is 1.03 bits per heavy atom. The zero-order chi connectivity index (χ0) is 24.7. The van der Waals surface area contributed by atoms with E-state index in [1.807, 2.05) is 35.8 Å². The van der Waals surface area contributed by atoms with Gasteiger partial charge in [-0.1, -0.05) is 42.2 Å². The average Bonchev–Trinajstić information content (AvgIpc) is 3.14. The first-order valence-corrected chi connectivity index (χ1v) is 12.6. The van der Waals surface area contributed by atoms with Crippen LogP contribution in [0.1, 0.15) is 19.4 Å². The van der Waals surface area contributed by atoms with Crippen molar-refractivity contribution in [3.63, 3.8) is 0 Å². The lowest BCUT2D eigenvalue weighted by molar-refractivity contribution is -0.123. The number of hydrogen-bond acceptors (Lipinski definition) is 7. The molecule has 35 heavy (non-hydrogen) atoms. The molecule has 0 radical (unpaired) electrons. The zero-order valence-electron chi connectivity index (χ0n) is 19.3. The van der Waals surface area contributed by atoms with E-state index >= 15 is 0 Å². The molecule has 10 heteroatoms. The highest BCUT2D eigenvalue weighted by Crippen LogP contribution is 2.35. The minimum atomic E-state index is -0.254. The van der Waals surface area contributed by atoms with Gasteiger partial charge in [0.15, 0.2) is 0 Å². The number of pyridine rings is 1. The van der Waals surface area contributed by atoms with E-state index in [0.717, 1.165) is 0 Å². The number of aromatic nitrogens is 2. The largest absolute Gasteiger partial charge is 0.366 e. The maximum atomic E-state index is 14.3. The molecule has 2 aliphatic rings. The normalized spacial score (nSPS) is 17.9. The molecule has 0 atom stereocenters. The summed E-state index contributed by atoms with van der Waals surface area (Å²) in [5.41, 5.74) is 1.18. The molecular weight excluding hydrogens is 485 g/mol. The van der Waals surface area contributed by atoms with Gasteiger partial charge in [0.2, 0.25) is 0 Å². The number of piperazine rings is 1. The van der Waals surface area contributed by atoms with E-state index in [4.69, 9.17) is 17.2 Å². The summed E-state index contributed by atoms with van der Waals surface area (Å²) in [6.45, 7) is 6.06. The van der Waals surface area contributed by atoms with Crippen LogP contribution in [0.5, 0.6) is 0 Å². The molecule has 0 unspecified atom stereocenters. The van der Waals surface area contributed by atoms with E-state index in [1.54, 1.807) is 41.4 Å². The topological polar surface area (TPSA) is 61.2 Å². The number of carbonyl (C=O) groups excluding carboxylic acids is 1. The van der Waals surface area contributed by atoms with Crippen LogP contribution in [0.4, 0.5) is 15.9 Å². The van der Waals surface area contributed by atoms with Gasteiger partial charge in [-0.2, -0.15) is 0 Å². The van der Waals surface area contributed by atoms with E-state index in [9.17, 15) is 14.0 Å². The Balaban J connectivity index is 1.53.